The molecule has 1 aromatic carbocycles. The van der Waals surface area contributed by atoms with Crippen molar-refractivity contribution in [3.05, 3.63) is 35.4 Å². The molecule has 0 aliphatic heterocycles. The van der Waals surface area contributed by atoms with Crippen molar-refractivity contribution in [1.29, 1.82) is 0 Å². The summed E-state index contributed by atoms with van der Waals surface area (Å²) in [6, 6.07) is 8.05. The van der Waals surface area contributed by atoms with E-state index in [1.165, 1.54) is 24.8 Å². The molecule has 1 atom stereocenters. The molecule has 2 nitrogen and oxygen atoms in total. The van der Waals surface area contributed by atoms with Crippen LogP contribution in [0.25, 0.3) is 0 Å². The van der Waals surface area contributed by atoms with Gasteiger partial charge in [0.2, 0.25) is 0 Å². The molecule has 0 aromatic heterocycles. The Balaban J connectivity index is 2.32. The molecule has 1 aromatic rings. The smallest absolute Gasteiger partial charge is 0.108 e. The fourth-order valence-corrected chi connectivity index (χ4v) is 2.78. The van der Waals surface area contributed by atoms with E-state index in [0.717, 1.165) is 5.56 Å². The van der Waals surface area contributed by atoms with Crippen molar-refractivity contribution >= 4 is 0 Å². The second-order valence-electron chi connectivity index (χ2n) is 5.47. The van der Waals surface area contributed by atoms with Crippen molar-refractivity contribution in [3.63, 3.8) is 0 Å². The topological polar surface area (TPSA) is 40.5 Å². The van der Waals surface area contributed by atoms with E-state index in [9.17, 15) is 10.2 Å². The summed E-state index contributed by atoms with van der Waals surface area (Å²) in [7, 11) is 0. The van der Waals surface area contributed by atoms with Crippen molar-refractivity contribution in [2.45, 2.75) is 63.6 Å². The Morgan fingerprint density at radius 3 is 2.33 bits per heavy atom. The summed E-state index contributed by atoms with van der Waals surface area (Å²) < 4.78 is 0. The third-order valence-corrected chi connectivity index (χ3v) is 4.57. The second kappa shape index (κ2) is 5.41. The van der Waals surface area contributed by atoms with Gasteiger partial charge in [-0.05, 0) is 42.7 Å². The van der Waals surface area contributed by atoms with Gasteiger partial charge in [0.05, 0.1) is 5.60 Å². The van der Waals surface area contributed by atoms with Gasteiger partial charge in [-0.3, -0.25) is 0 Å². The number of aliphatic hydroxyl groups excluding tert-OH is 1. The highest BCUT2D eigenvalue weighted by molar-refractivity contribution is 5.34. The molecule has 1 saturated carbocycles. The highest BCUT2D eigenvalue weighted by Crippen LogP contribution is 2.42. The zero-order valence-corrected chi connectivity index (χ0v) is 11.4. The first-order valence-corrected chi connectivity index (χ1v) is 7.11. The van der Waals surface area contributed by atoms with Crippen LogP contribution >= 0.6 is 0 Å². The third-order valence-electron chi connectivity index (χ3n) is 4.57. The minimum absolute atomic E-state index is 0.573. The van der Waals surface area contributed by atoms with Gasteiger partial charge in [-0.1, -0.05) is 44.5 Å². The molecule has 2 N–H and O–H groups in total. The van der Waals surface area contributed by atoms with Crippen LogP contribution in [0.1, 0.15) is 69.1 Å². The van der Waals surface area contributed by atoms with Gasteiger partial charge in [0, 0.05) is 0 Å². The second-order valence-corrected chi connectivity index (χ2v) is 5.47. The molecule has 2 rings (SSSR count). The molecule has 18 heavy (non-hydrogen) atoms. The van der Waals surface area contributed by atoms with Crippen LogP contribution < -0.4 is 0 Å². The predicted octanol–water partition coefficient (Wildman–Crippen LogP) is 3.54. The van der Waals surface area contributed by atoms with Crippen LogP contribution in [0.2, 0.25) is 0 Å². The summed E-state index contributed by atoms with van der Waals surface area (Å²) in [6.07, 6.45) is 4.07. The van der Waals surface area contributed by atoms with E-state index in [2.05, 4.69) is 6.07 Å². The molecule has 0 saturated heterocycles. The molecule has 100 valence electrons. The largest absolute Gasteiger partial charge is 0.387 e. The quantitative estimate of drug-likeness (QED) is 0.836. The first kappa shape index (κ1) is 13.6. The van der Waals surface area contributed by atoms with Gasteiger partial charge >= 0.3 is 0 Å². The normalized spacial score (nSPS) is 18.4. The lowest BCUT2D eigenvalue weighted by molar-refractivity contribution is -0.0826. The van der Waals surface area contributed by atoms with Crippen molar-refractivity contribution in [2.75, 3.05) is 0 Å². The molecular formula is C16H24O2. The Bertz CT molecular complexity index is 392. The van der Waals surface area contributed by atoms with E-state index >= 15 is 0 Å². The highest BCUT2D eigenvalue weighted by atomic mass is 16.3. The van der Waals surface area contributed by atoms with Crippen molar-refractivity contribution < 1.29 is 10.2 Å². The van der Waals surface area contributed by atoms with Crippen LogP contribution in [0, 0.1) is 0 Å². The van der Waals surface area contributed by atoms with E-state index in [1.54, 1.807) is 0 Å². The van der Waals surface area contributed by atoms with Crippen LogP contribution in [-0.4, -0.2) is 15.8 Å². The third kappa shape index (κ3) is 2.32. The Morgan fingerprint density at radius 2 is 1.83 bits per heavy atom. The highest BCUT2D eigenvalue weighted by Gasteiger charge is 2.35. The lowest BCUT2D eigenvalue weighted by Crippen LogP contribution is -2.35. The molecule has 0 bridgehead atoms. The van der Waals surface area contributed by atoms with Gasteiger partial charge in [0.25, 0.3) is 0 Å². The molecule has 0 radical (unpaired) electrons. The zero-order valence-electron chi connectivity index (χ0n) is 11.4. The molecular weight excluding hydrogens is 224 g/mol. The Labute approximate surface area is 110 Å². The van der Waals surface area contributed by atoms with Crippen LogP contribution in [-0.2, 0) is 0 Å². The lowest BCUT2D eigenvalue weighted by atomic mass is 9.75. The average Bonchev–Trinajstić information content (AvgIpc) is 2.36. The van der Waals surface area contributed by atoms with E-state index < -0.39 is 11.7 Å². The van der Waals surface area contributed by atoms with E-state index in [-0.39, 0.29) is 0 Å². The molecule has 0 amide bonds. The van der Waals surface area contributed by atoms with E-state index in [0.29, 0.717) is 18.8 Å². The van der Waals surface area contributed by atoms with E-state index in [4.69, 9.17) is 0 Å². The Hall–Kier alpha value is -0.860. The van der Waals surface area contributed by atoms with Crippen molar-refractivity contribution in [2.24, 2.45) is 0 Å². The standard InChI is InChI=1S/C16H24O2/c1-3-16(18,4-2)15(17)14-11-6-5-10-13(14)12-8-7-9-12/h5-6,10-12,15,17-18H,3-4,7-9H2,1-2H3. The molecule has 1 aliphatic carbocycles. The van der Waals surface area contributed by atoms with Gasteiger partial charge < -0.3 is 10.2 Å². The maximum absolute atomic E-state index is 10.5. The molecule has 1 aliphatic rings. The maximum atomic E-state index is 10.5. The van der Waals surface area contributed by atoms with Crippen molar-refractivity contribution in [1.82, 2.24) is 0 Å². The molecule has 1 unspecified atom stereocenters. The van der Waals surface area contributed by atoms with Crippen LogP contribution in [0.5, 0.6) is 0 Å². The summed E-state index contributed by atoms with van der Waals surface area (Å²) in [5, 5.41) is 21.0. The summed E-state index contributed by atoms with van der Waals surface area (Å²) in [5.74, 6) is 0.578. The van der Waals surface area contributed by atoms with Crippen LogP contribution in [0.4, 0.5) is 0 Å². The summed E-state index contributed by atoms with van der Waals surface area (Å²) in [6.45, 7) is 3.86. The number of hydrogen-bond acceptors (Lipinski definition) is 2. The van der Waals surface area contributed by atoms with Crippen LogP contribution in [0.15, 0.2) is 24.3 Å². The minimum Gasteiger partial charge on any atom is -0.387 e. The van der Waals surface area contributed by atoms with E-state index in [1.807, 2.05) is 32.0 Å². The summed E-state index contributed by atoms with van der Waals surface area (Å²) >= 11 is 0. The predicted molar refractivity (Wildman–Crippen MR) is 73.5 cm³/mol. The maximum Gasteiger partial charge on any atom is 0.108 e. The van der Waals surface area contributed by atoms with Crippen molar-refractivity contribution in [3.8, 4) is 0 Å². The van der Waals surface area contributed by atoms with Gasteiger partial charge in [0.1, 0.15) is 6.10 Å². The van der Waals surface area contributed by atoms with Gasteiger partial charge in [0.15, 0.2) is 0 Å². The fraction of sp³-hybridized carbons (Fsp3) is 0.625. The average molecular weight is 248 g/mol. The Morgan fingerprint density at radius 1 is 1.22 bits per heavy atom. The Kier molecular flexibility index (Phi) is 4.08. The van der Waals surface area contributed by atoms with Gasteiger partial charge in [-0.25, -0.2) is 0 Å². The lowest BCUT2D eigenvalue weighted by Gasteiger charge is -2.35. The number of benzene rings is 1. The first-order chi connectivity index (χ1) is 8.62. The summed E-state index contributed by atoms with van der Waals surface area (Å²) in [4.78, 5) is 0. The monoisotopic (exact) mass is 248 g/mol. The van der Waals surface area contributed by atoms with Crippen LogP contribution in [0.3, 0.4) is 0 Å². The molecule has 0 heterocycles. The first-order valence-electron chi connectivity index (χ1n) is 7.11. The minimum atomic E-state index is -1.00. The number of aliphatic hydroxyl groups is 2. The SMILES string of the molecule is CCC(O)(CC)C(O)c1ccccc1C1CCC1. The molecule has 1 fully saturated rings. The number of rotatable bonds is 5. The zero-order chi connectivity index (χ0) is 13.2. The molecule has 2 heteroatoms. The van der Waals surface area contributed by atoms with Gasteiger partial charge in [-0.15, -0.1) is 0 Å². The number of hydrogen-bond donors (Lipinski definition) is 2. The fourth-order valence-electron chi connectivity index (χ4n) is 2.78. The summed E-state index contributed by atoms with van der Waals surface area (Å²) in [5.41, 5.74) is 1.16. The van der Waals surface area contributed by atoms with Gasteiger partial charge in [-0.2, -0.15) is 0 Å². The molecule has 0 spiro atoms.